The molecule has 1 aromatic carbocycles. The maximum Gasteiger partial charge on any atom is 0.245 e. The van der Waals surface area contributed by atoms with E-state index in [9.17, 15) is 9.18 Å². The number of nitrogens with one attached hydrogen (secondary N) is 1. The maximum atomic E-state index is 14.0. The van der Waals surface area contributed by atoms with Crippen LogP contribution in [-0.2, 0) is 4.79 Å². The zero-order valence-corrected chi connectivity index (χ0v) is 18.1. The van der Waals surface area contributed by atoms with Gasteiger partial charge in [-0.05, 0) is 37.1 Å². The summed E-state index contributed by atoms with van der Waals surface area (Å²) in [6.45, 7) is 3.34. The summed E-state index contributed by atoms with van der Waals surface area (Å²) in [5, 5.41) is 3.00. The van der Waals surface area contributed by atoms with E-state index in [1.54, 1.807) is 48.9 Å². The van der Waals surface area contributed by atoms with Gasteiger partial charge in [0, 0.05) is 51.3 Å². The van der Waals surface area contributed by atoms with E-state index in [0.717, 1.165) is 12.8 Å². The lowest BCUT2D eigenvalue weighted by Crippen LogP contribution is -2.54. The van der Waals surface area contributed by atoms with Gasteiger partial charge in [-0.3, -0.25) is 4.79 Å². The molecular weight excluding hydrogens is 423 g/mol. The SMILES string of the molecule is O=C(C1CCCN1c1nccc(Nc2ccccc2F)n1)N1CCN(c2ncccn2)CC1. The normalized spacial score (nSPS) is 18.5. The minimum absolute atomic E-state index is 0.0946. The van der Waals surface area contributed by atoms with E-state index in [0.29, 0.717) is 56.1 Å². The van der Waals surface area contributed by atoms with Crippen molar-refractivity contribution in [3.05, 3.63) is 60.8 Å². The van der Waals surface area contributed by atoms with Gasteiger partial charge in [0.15, 0.2) is 0 Å². The summed E-state index contributed by atoms with van der Waals surface area (Å²) in [7, 11) is 0. The van der Waals surface area contributed by atoms with Crippen LogP contribution in [0.15, 0.2) is 55.0 Å². The average Bonchev–Trinajstić information content (AvgIpc) is 3.36. The third kappa shape index (κ3) is 4.55. The Bertz CT molecular complexity index is 1110. The van der Waals surface area contributed by atoms with Gasteiger partial charge in [0.1, 0.15) is 17.7 Å². The zero-order valence-electron chi connectivity index (χ0n) is 18.1. The molecule has 0 saturated carbocycles. The average molecular weight is 449 g/mol. The molecule has 2 aromatic heterocycles. The van der Waals surface area contributed by atoms with E-state index >= 15 is 0 Å². The summed E-state index contributed by atoms with van der Waals surface area (Å²) in [5.74, 6) is 1.40. The van der Waals surface area contributed by atoms with E-state index in [1.807, 2.05) is 9.80 Å². The number of rotatable bonds is 5. The van der Waals surface area contributed by atoms with E-state index in [1.165, 1.54) is 6.07 Å². The third-order valence-corrected chi connectivity index (χ3v) is 6.00. The first-order chi connectivity index (χ1) is 16.2. The van der Waals surface area contributed by atoms with Crippen LogP contribution in [-0.4, -0.2) is 69.5 Å². The predicted octanol–water partition coefficient (Wildman–Crippen LogP) is 2.47. The van der Waals surface area contributed by atoms with E-state index in [2.05, 4.69) is 30.2 Å². The van der Waals surface area contributed by atoms with Gasteiger partial charge >= 0.3 is 0 Å². The van der Waals surface area contributed by atoms with Crippen molar-refractivity contribution in [1.29, 1.82) is 0 Å². The zero-order chi connectivity index (χ0) is 22.6. The molecule has 3 aromatic rings. The molecule has 2 fully saturated rings. The molecule has 0 aliphatic carbocycles. The van der Waals surface area contributed by atoms with Crippen molar-refractivity contribution in [3.8, 4) is 0 Å². The number of aromatic nitrogens is 4. The number of para-hydroxylation sites is 1. The number of benzene rings is 1. The highest BCUT2D eigenvalue weighted by Crippen LogP contribution is 2.26. The van der Waals surface area contributed by atoms with Crippen molar-refractivity contribution in [3.63, 3.8) is 0 Å². The number of hydrogen-bond donors (Lipinski definition) is 1. The fourth-order valence-corrected chi connectivity index (χ4v) is 4.31. The first-order valence-electron chi connectivity index (χ1n) is 11.1. The molecule has 1 amide bonds. The summed E-state index contributed by atoms with van der Waals surface area (Å²) in [5.41, 5.74) is 0.344. The minimum Gasteiger partial charge on any atom is -0.338 e. The van der Waals surface area contributed by atoms with Gasteiger partial charge in [-0.2, -0.15) is 4.98 Å². The van der Waals surface area contributed by atoms with Crippen LogP contribution >= 0.6 is 0 Å². The number of hydrogen-bond acceptors (Lipinski definition) is 8. The van der Waals surface area contributed by atoms with Gasteiger partial charge < -0.3 is 20.0 Å². The van der Waals surface area contributed by atoms with Gasteiger partial charge in [0.2, 0.25) is 17.8 Å². The van der Waals surface area contributed by atoms with Gasteiger partial charge in [-0.15, -0.1) is 0 Å². The Balaban J connectivity index is 1.26. The van der Waals surface area contributed by atoms with Gasteiger partial charge in [-0.1, -0.05) is 12.1 Å². The number of carbonyl (C=O) groups excluding carboxylic acids is 1. The topological polar surface area (TPSA) is 90.4 Å². The van der Waals surface area contributed by atoms with Crippen LogP contribution in [0.2, 0.25) is 0 Å². The molecule has 2 aliphatic rings. The molecule has 1 atom stereocenters. The Hall–Kier alpha value is -3.82. The molecule has 2 aliphatic heterocycles. The highest BCUT2D eigenvalue weighted by Gasteiger charge is 2.36. The summed E-state index contributed by atoms with van der Waals surface area (Å²) >= 11 is 0. The van der Waals surface area contributed by atoms with E-state index < -0.39 is 0 Å². The molecule has 0 radical (unpaired) electrons. The number of piperazine rings is 1. The molecule has 33 heavy (non-hydrogen) atoms. The molecule has 170 valence electrons. The lowest BCUT2D eigenvalue weighted by Gasteiger charge is -2.37. The largest absolute Gasteiger partial charge is 0.338 e. The lowest BCUT2D eigenvalue weighted by atomic mass is 10.1. The lowest BCUT2D eigenvalue weighted by molar-refractivity contribution is -0.132. The Morgan fingerprint density at radius 3 is 2.45 bits per heavy atom. The van der Waals surface area contributed by atoms with Crippen molar-refractivity contribution in [2.24, 2.45) is 0 Å². The Morgan fingerprint density at radius 1 is 0.909 bits per heavy atom. The summed E-state index contributed by atoms with van der Waals surface area (Å²) < 4.78 is 14.0. The summed E-state index contributed by atoms with van der Waals surface area (Å²) in [6, 6.07) is 9.62. The molecule has 0 spiro atoms. The Morgan fingerprint density at radius 2 is 1.67 bits per heavy atom. The monoisotopic (exact) mass is 448 g/mol. The van der Waals surface area contributed by atoms with Crippen LogP contribution in [0.3, 0.4) is 0 Å². The van der Waals surface area contributed by atoms with Crippen LogP contribution in [0.5, 0.6) is 0 Å². The smallest absolute Gasteiger partial charge is 0.245 e. The second kappa shape index (κ2) is 9.35. The fourth-order valence-electron chi connectivity index (χ4n) is 4.31. The van der Waals surface area contributed by atoms with E-state index in [-0.39, 0.29) is 17.8 Å². The Kier molecular flexibility index (Phi) is 5.97. The van der Waals surface area contributed by atoms with Crippen LogP contribution in [0.25, 0.3) is 0 Å². The highest BCUT2D eigenvalue weighted by atomic mass is 19.1. The Labute approximate surface area is 191 Å². The summed E-state index contributed by atoms with van der Waals surface area (Å²) in [4.78, 5) is 36.9. The first-order valence-corrected chi connectivity index (χ1v) is 11.1. The number of anilines is 4. The molecule has 0 bridgehead atoms. The molecule has 10 heteroatoms. The number of halogens is 1. The third-order valence-electron chi connectivity index (χ3n) is 6.00. The molecule has 4 heterocycles. The van der Waals surface area contributed by atoms with Crippen molar-refractivity contribution in [2.45, 2.75) is 18.9 Å². The standard InChI is InChI=1S/C23H25FN8O/c24-17-5-1-2-6-18(17)28-20-8-11-27-23(29-20)32-12-3-7-19(32)21(33)30-13-15-31(16-14-30)22-25-9-4-10-26-22/h1-2,4-6,8-11,19H,3,7,12-16H2,(H,27,28,29). The van der Waals surface area contributed by atoms with Crippen molar-refractivity contribution in [1.82, 2.24) is 24.8 Å². The molecule has 1 N–H and O–H groups in total. The van der Waals surface area contributed by atoms with Gasteiger partial charge in [0.25, 0.3) is 0 Å². The highest BCUT2D eigenvalue weighted by molar-refractivity contribution is 5.85. The van der Waals surface area contributed by atoms with Crippen LogP contribution < -0.4 is 15.1 Å². The molecule has 1 unspecified atom stereocenters. The van der Waals surface area contributed by atoms with Crippen molar-refractivity contribution in [2.75, 3.05) is 47.8 Å². The molecule has 9 nitrogen and oxygen atoms in total. The molecule has 2 saturated heterocycles. The predicted molar refractivity (Wildman–Crippen MR) is 123 cm³/mol. The van der Waals surface area contributed by atoms with E-state index in [4.69, 9.17) is 0 Å². The maximum absolute atomic E-state index is 14.0. The minimum atomic E-state index is -0.355. The van der Waals surface area contributed by atoms with Crippen LogP contribution in [0.1, 0.15) is 12.8 Å². The van der Waals surface area contributed by atoms with Crippen LogP contribution in [0.4, 0.5) is 27.8 Å². The van der Waals surface area contributed by atoms with Gasteiger partial charge in [-0.25, -0.2) is 19.3 Å². The number of nitrogens with zero attached hydrogens (tertiary/aromatic N) is 7. The number of carbonyl (C=O) groups is 1. The van der Waals surface area contributed by atoms with Crippen molar-refractivity contribution >= 4 is 29.3 Å². The quantitative estimate of drug-likeness (QED) is 0.637. The summed E-state index contributed by atoms with van der Waals surface area (Å²) in [6.07, 6.45) is 6.73. The van der Waals surface area contributed by atoms with Crippen LogP contribution in [0, 0.1) is 5.82 Å². The fraction of sp³-hybridized carbons (Fsp3) is 0.348. The van der Waals surface area contributed by atoms with Gasteiger partial charge in [0.05, 0.1) is 5.69 Å². The molecule has 5 rings (SSSR count). The van der Waals surface area contributed by atoms with Crippen molar-refractivity contribution < 1.29 is 9.18 Å². The number of amides is 1. The first kappa shape index (κ1) is 21.0. The molecular formula is C23H25FN8O. The second-order valence-electron chi connectivity index (χ2n) is 8.06. The second-order valence-corrected chi connectivity index (χ2v) is 8.06.